The van der Waals surface area contributed by atoms with Crippen molar-refractivity contribution in [3.05, 3.63) is 30.3 Å². The third-order valence-corrected chi connectivity index (χ3v) is 6.63. The lowest BCUT2D eigenvalue weighted by atomic mass is 9.90. The highest BCUT2D eigenvalue weighted by atomic mass is 16.6. The van der Waals surface area contributed by atoms with Gasteiger partial charge in [0.2, 0.25) is 5.60 Å². The zero-order valence-corrected chi connectivity index (χ0v) is 21.7. The molecule has 1 N–H and O–H groups in total. The quantitative estimate of drug-likeness (QED) is 0.175. The molecule has 0 aliphatic heterocycles. The van der Waals surface area contributed by atoms with Crippen LogP contribution in [0.5, 0.6) is 5.75 Å². The summed E-state index contributed by atoms with van der Waals surface area (Å²) in [6.45, 7) is 6.28. The van der Waals surface area contributed by atoms with Crippen LogP contribution in [0.3, 0.4) is 0 Å². The van der Waals surface area contributed by atoms with Gasteiger partial charge in [0.1, 0.15) is 11.9 Å². The van der Waals surface area contributed by atoms with E-state index in [1.54, 1.807) is 0 Å². The highest BCUT2D eigenvalue weighted by Gasteiger charge is 2.46. The summed E-state index contributed by atoms with van der Waals surface area (Å²) in [6.07, 6.45) is 19.3. The van der Waals surface area contributed by atoms with Crippen LogP contribution in [0.4, 0.5) is 0 Å². The summed E-state index contributed by atoms with van der Waals surface area (Å²) in [7, 11) is 0. The topological polar surface area (TPSA) is 55.8 Å². The molecule has 1 rings (SSSR count). The van der Waals surface area contributed by atoms with Crippen LogP contribution in [0, 0.1) is 0 Å². The van der Waals surface area contributed by atoms with Gasteiger partial charge in [0.15, 0.2) is 0 Å². The van der Waals surface area contributed by atoms with Crippen LogP contribution in [-0.2, 0) is 9.53 Å². The number of carbonyl (C=O) groups is 1. The molecule has 0 saturated heterocycles. The molecule has 190 valence electrons. The van der Waals surface area contributed by atoms with E-state index in [-0.39, 0.29) is 0 Å². The number of ether oxygens (including phenoxy) is 2. The van der Waals surface area contributed by atoms with Gasteiger partial charge in [-0.05, 0) is 38.8 Å². The van der Waals surface area contributed by atoms with E-state index in [4.69, 9.17) is 9.47 Å². The van der Waals surface area contributed by atoms with Gasteiger partial charge in [0, 0.05) is 6.61 Å². The van der Waals surface area contributed by atoms with E-state index in [1.165, 1.54) is 77.0 Å². The van der Waals surface area contributed by atoms with Crippen molar-refractivity contribution in [1.82, 2.24) is 0 Å². The first kappa shape index (κ1) is 29.5. The minimum Gasteiger partial charge on any atom is -0.487 e. The van der Waals surface area contributed by atoms with Gasteiger partial charge in [0.25, 0.3) is 0 Å². The number of rotatable bonds is 22. The Morgan fingerprint density at radius 3 is 1.67 bits per heavy atom. The first-order valence-corrected chi connectivity index (χ1v) is 13.7. The van der Waals surface area contributed by atoms with Crippen LogP contribution < -0.4 is 4.74 Å². The molecule has 0 radical (unpaired) electrons. The van der Waals surface area contributed by atoms with E-state index in [0.29, 0.717) is 18.8 Å². The molecule has 0 saturated carbocycles. The molecule has 0 aliphatic carbocycles. The Labute approximate surface area is 203 Å². The number of aliphatic carboxylic acids is 1. The summed E-state index contributed by atoms with van der Waals surface area (Å²) in [5.74, 6) is -0.259. The largest absolute Gasteiger partial charge is 0.487 e. The average molecular weight is 463 g/mol. The van der Waals surface area contributed by atoms with Crippen LogP contribution in [0.15, 0.2) is 30.3 Å². The second kappa shape index (κ2) is 18.8. The fraction of sp³-hybridized carbons (Fsp3) is 0.759. The van der Waals surface area contributed by atoms with Crippen LogP contribution in [0.1, 0.15) is 124 Å². The van der Waals surface area contributed by atoms with Crippen LogP contribution in [0.2, 0.25) is 0 Å². The van der Waals surface area contributed by atoms with E-state index in [9.17, 15) is 9.90 Å². The monoisotopic (exact) mass is 462 g/mol. The highest BCUT2D eigenvalue weighted by Crippen LogP contribution is 2.29. The molecule has 1 aromatic rings. The minimum absolute atomic E-state index is 0.355. The molecule has 0 spiro atoms. The van der Waals surface area contributed by atoms with E-state index in [2.05, 4.69) is 6.92 Å². The summed E-state index contributed by atoms with van der Waals surface area (Å²) in [5, 5.41) is 10.0. The zero-order valence-electron chi connectivity index (χ0n) is 21.7. The first-order valence-electron chi connectivity index (χ1n) is 13.7. The second-order valence-electron chi connectivity index (χ2n) is 9.40. The number of carboxylic acids is 1. The van der Waals surface area contributed by atoms with E-state index in [1.807, 2.05) is 44.2 Å². The van der Waals surface area contributed by atoms with Gasteiger partial charge in [-0.2, -0.15) is 0 Å². The molecule has 33 heavy (non-hydrogen) atoms. The smallest absolute Gasteiger partial charge is 0.339 e. The number of hydrogen-bond acceptors (Lipinski definition) is 3. The summed E-state index contributed by atoms with van der Waals surface area (Å²) in [6, 6.07) is 9.39. The third-order valence-electron chi connectivity index (χ3n) is 6.63. The molecule has 0 aromatic heterocycles. The average Bonchev–Trinajstić information content (AvgIpc) is 2.81. The fourth-order valence-corrected chi connectivity index (χ4v) is 4.55. The van der Waals surface area contributed by atoms with Crippen molar-refractivity contribution in [2.75, 3.05) is 6.61 Å². The molecule has 1 aromatic carbocycles. The van der Waals surface area contributed by atoms with Crippen molar-refractivity contribution in [3.8, 4) is 5.75 Å². The van der Waals surface area contributed by atoms with Crippen molar-refractivity contribution in [2.45, 2.75) is 135 Å². The van der Waals surface area contributed by atoms with Gasteiger partial charge >= 0.3 is 5.97 Å². The van der Waals surface area contributed by atoms with Gasteiger partial charge in [-0.1, -0.05) is 115 Å². The van der Waals surface area contributed by atoms with Crippen molar-refractivity contribution in [1.29, 1.82) is 0 Å². The number of unbranched alkanes of at least 4 members (excludes halogenated alkanes) is 14. The number of benzene rings is 1. The maximum atomic E-state index is 12.2. The summed E-state index contributed by atoms with van der Waals surface area (Å²) >= 11 is 0. The Kier molecular flexibility index (Phi) is 16.8. The van der Waals surface area contributed by atoms with Crippen molar-refractivity contribution in [2.24, 2.45) is 0 Å². The molecular weight excluding hydrogens is 412 g/mol. The summed E-state index contributed by atoms with van der Waals surface area (Å²) in [4.78, 5) is 12.2. The van der Waals surface area contributed by atoms with E-state index in [0.717, 1.165) is 19.3 Å². The lowest BCUT2D eigenvalue weighted by Crippen LogP contribution is -2.53. The lowest BCUT2D eigenvalue weighted by Gasteiger charge is -2.35. The summed E-state index contributed by atoms with van der Waals surface area (Å²) in [5.41, 5.74) is -1.30. The van der Waals surface area contributed by atoms with Crippen LogP contribution >= 0.6 is 0 Å². The molecular formula is C29H50O4. The predicted octanol–water partition coefficient (Wildman–Crippen LogP) is 8.58. The molecule has 0 heterocycles. The van der Waals surface area contributed by atoms with Gasteiger partial charge in [-0.25, -0.2) is 4.79 Å². The van der Waals surface area contributed by atoms with Crippen molar-refractivity contribution < 1.29 is 19.4 Å². The Morgan fingerprint density at radius 1 is 0.788 bits per heavy atom. The molecule has 4 heteroatoms. The molecule has 2 unspecified atom stereocenters. The standard InChI is InChI=1S/C29H50O4/c1-4-6-7-8-9-10-11-12-13-14-15-16-17-18-22-25-29(28(30)31,32-5-2)26(3)33-27-23-20-19-21-24-27/h19-21,23-24,26H,4-18,22,25H2,1-3H3,(H,30,31). The normalized spacial score (nSPS) is 14.0. The van der Waals surface area contributed by atoms with Gasteiger partial charge in [-0.15, -0.1) is 0 Å². The highest BCUT2D eigenvalue weighted by molar-refractivity contribution is 5.78. The first-order chi connectivity index (χ1) is 16.1. The van der Waals surface area contributed by atoms with Gasteiger partial charge < -0.3 is 14.6 Å². The maximum Gasteiger partial charge on any atom is 0.339 e. The Bertz CT molecular complexity index is 589. The molecule has 2 atom stereocenters. The Hall–Kier alpha value is -1.55. The van der Waals surface area contributed by atoms with Crippen molar-refractivity contribution >= 4 is 5.97 Å². The number of para-hydroxylation sites is 1. The Morgan fingerprint density at radius 2 is 1.24 bits per heavy atom. The molecule has 4 nitrogen and oxygen atoms in total. The van der Waals surface area contributed by atoms with Gasteiger partial charge in [-0.3, -0.25) is 0 Å². The zero-order chi connectivity index (χ0) is 24.2. The van der Waals surface area contributed by atoms with Crippen molar-refractivity contribution in [3.63, 3.8) is 0 Å². The molecule has 0 fully saturated rings. The third kappa shape index (κ3) is 12.5. The van der Waals surface area contributed by atoms with Crippen LogP contribution in [0.25, 0.3) is 0 Å². The number of hydrogen-bond donors (Lipinski definition) is 1. The lowest BCUT2D eigenvalue weighted by molar-refractivity contribution is -0.180. The molecule has 0 aliphatic rings. The molecule has 0 bridgehead atoms. The minimum atomic E-state index is -1.30. The van der Waals surface area contributed by atoms with Crippen LogP contribution in [-0.4, -0.2) is 29.4 Å². The number of carboxylic acid groups (broad SMARTS) is 1. The Balaban J connectivity index is 2.21. The van der Waals surface area contributed by atoms with E-state index < -0.39 is 17.7 Å². The summed E-state index contributed by atoms with van der Waals surface area (Å²) < 4.78 is 11.8. The van der Waals surface area contributed by atoms with E-state index >= 15 is 0 Å². The predicted molar refractivity (Wildman–Crippen MR) is 138 cm³/mol. The van der Waals surface area contributed by atoms with Gasteiger partial charge in [0.05, 0.1) is 0 Å². The SMILES string of the molecule is CCCCCCCCCCCCCCCCCC(OCC)(C(=O)O)C(C)Oc1ccccc1. The molecule has 0 amide bonds. The fourth-order valence-electron chi connectivity index (χ4n) is 4.55. The maximum absolute atomic E-state index is 12.2. The second-order valence-corrected chi connectivity index (χ2v) is 9.40.